The Hall–Kier alpha value is -2.80. The molecular formula is C23H26N4O2S. The monoisotopic (exact) mass is 422 g/mol. The Bertz CT molecular complexity index is 1030. The number of hydrogen-bond acceptors (Lipinski definition) is 5. The average molecular weight is 423 g/mol. The van der Waals surface area contributed by atoms with Crippen molar-refractivity contribution in [1.29, 1.82) is 0 Å². The molecule has 0 unspecified atom stereocenters. The Labute approximate surface area is 181 Å². The summed E-state index contributed by atoms with van der Waals surface area (Å²) in [4.78, 5) is 14.9. The third-order valence-electron chi connectivity index (χ3n) is 5.30. The van der Waals surface area contributed by atoms with Gasteiger partial charge in [0.05, 0.1) is 5.75 Å². The van der Waals surface area contributed by atoms with E-state index in [0.29, 0.717) is 12.4 Å². The van der Waals surface area contributed by atoms with Crippen molar-refractivity contribution in [3.8, 4) is 5.75 Å². The van der Waals surface area contributed by atoms with E-state index in [2.05, 4.69) is 23.2 Å². The number of aromatic nitrogens is 3. The number of aryl methyl sites for hydroxylation is 1. The second kappa shape index (κ2) is 8.92. The largest absolute Gasteiger partial charge is 0.486 e. The van der Waals surface area contributed by atoms with Crippen molar-refractivity contribution >= 4 is 23.4 Å². The molecule has 0 aliphatic carbocycles. The fourth-order valence-corrected chi connectivity index (χ4v) is 4.65. The van der Waals surface area contributed by atoms with E-state index in [1.165, 1.54) is 22.9 Å². The van der Waals surface area contributed by atoms with Gasteiger partial charge in [-0.25, -0.2) is 0 Å². The molecule has 0 N–H and O–H groups in total. The van der Waals surface area contributed by atoms with Crippen LogP contribution in [0.5, 0.6) is 5.75 Å². The molecule has 3 aromatic rings. The maximum Gasteiger partial charge on any atom is 0.237 e. The highest BCUT2D eigenvalue weighted by atomic mass is 32.2. The molecule has 1 aliphatic heterocycles. The number of para-hydroxylation sites is 1. The quantitative estimate of drug-likeness (QED) is 0.533. The zero-order chi connectivity index (χ0) is 21.1. The van der Waals surface area contributed by atoms with E-state index in [4.69, 9.17) is 4.74 Å². The van der Waals surface area contributed by atoms with Crippen molar-refractivity contribution in [3.05, 3.63) is 65.5 Å². The maximum atomic E-state index is 13.0. The molecule has 6 nitrogen and oxygen atoms in total. The first-order valence-electron chi connectivity index (χ1n) is 10.2. The molecule has 7 heteroatoms. The minimum Gasteiger partial charge on any atom is -0.486 e. The summed E-state index contributed by atoms with van der Waals surface area (Å²) in [5.41, 5.74) is 3.45. The van der Waals surface area contributed by atoms with Gasteiger partial charge in [-0.3, -0.25) is 4.79 Å². The van der Waals surface area contributed by atoms with Crippen molar-refractivity contribution in [3.63, 3.8) is 0 Å². The fraction of sp³-hybridized carbons (Fsp3) is 0.348. The first kappa shape index (κ1) is 20.5. The zero-order valence-electron chi connectivity index (χ0n) is 17.5. The van der Waals surface area contributed by atoms with Gasteiger partial charge in [0.15, 0.2) is 11.0 Å². The number of thioether (sulfide) groups is 1. The summed E-state index contributed by atoms with van der Waals surface area (Å²) in [6.07, 6.45) is 0.901. The first-order valence-corrected chi connectivity index (χ1v) is 11.2. The van der Waals surface area contributed by atoms with E-state index in [1.807, 2.05) is 65.8 Å². The Kier molecular flexibility index (Phi) is 6.08. The van der Waals surface area contributed by atoms with Crippen LogP contribution < -0.4 is 9.64 Å². The summed E-state index contributed by atoms with van der Waals surface area (Å²) in [5.74, 6) is 1.99. The van der Waals surface area contributed by atoms with Crippen LogP contribution in [0.2, 0.25) is 0 Å². The Morgan fingerprint density at radius 1 is 1.17 bits per heavy atom. The summed E-state index contributed by atoms with van der Waals surface area (Å²) in [5, 5.41) is 9.33. The van der Waals surface area contributed by atoms with Gasteiger partial charge in [0.2, 0.25) is 5.91 Å². The minimum absolute atomic E-state index is 0.0977. The predicted octanol–water partition coefficient (Wildman–Crippen LogP) is 4.26. The highest BCUT2D eigenvalue weighted by Gasteiger charge is 2.30. The lowest BCUT2D eigenvalue weighted by atomic mass is 10.1. The van der Waals surface area contributed by atoms with Gasteiger partial charge < -0.3 is 14.2 Å². The first-order chi connectivity index (χ1) is 14.6. The van der Waals surface area contributed by atoms with Crippen LogP contribution in [-0.4, -0.2) is 32.5 Å². The lowest BCUT2D eigenvalue weighted by Gasteiger charge is -2.22. The van der Waals surface area contributed by atoms with E-state index in [1.54, 1.807) is 0 Å². The summed E-state index contributed by atoms with van der Waals surface area (Å²) in [6, 6.07) is 16.2. The van der Waals surface area contributed by atoms with Gasteiger partial charge in [-0.2, -0.15) is 0 Å². The number of benzene rings is 2. The third-order valence-corrected chi connectivity index (χ3v) is 6.25. The van der Waals surface area contributed by atoms with Gasteiger partial charge in [-0.15, -0.1) is 10.2 Å². The number of nitrogens with zero attached hydrogens (tertiary/aromatic N) is 4. The van der Waals surface area contributed by atoms with Gasteiger partial charge in [-0.1, -0.05) is 47.7 Å². The van der Waals surface area contributed by atoms with Crippen LogP contribution in [0.1, 0.15) is 30.8 Å². The molecule has 4 rings (SSSR count). The molecule has 0 spiro atoms. The SMILES string of the molecule is CCn1c(COc2ccc(C)cc2)nnc1SCC(=O)N1c2ccccc2C[C@@H]1C. The van der Waals surface area contributed by atoms with Crippen LogP contribution in [0.3, 0.4) is 0 Å². The van der Waals surface area contributed by atoms with Crippen LogP contribution >= 0.6 is 11.8 Å². The smallest absolute Gasteiger partial charge is 0.237 e. The molecule has 2 heterocycles. The standard InChI is InChI=1S/C23H26N4O2S/c1-4-26-21(14-29-19-11-9-16(2)10-12-19)24-25-23(26)30-15-22(28)27-17(3)13-18-7-5-6-8-20(18)27/h5-12,17H,4,13-15H2,1-3H3/t17-/m0/s1. The third kappa shape index (κ3) is 4.21. The zero-order valence-corrected chi connectivity index (χ0v) is 18.4. The highest BCUT2D eigenvalue weighted by molar-refractivity contribution is 7.99. The minimum atomic E-state index is 0.0977. The number of fused-ring (bicyclic) bond motifs is 1. The molecule has 156 valence electrons. The van der Waals surface area contributed by atoms with E-state index >= 15 is 0 Å². The van der Waals surface area contributed by atoms with Crippen LogP contribution in [0.25, 0.3) is 0 Å². The number of rotatable bonds is 7. The van der Waals surface area contributed by atoms with E-state index < -0.39 is 0 Å². The van der Waals surface area contributed by atoms with Gasteiger partial charge in [0.25, 0.3) is 0 Å². The van der Waals surface area contributed by atoms with E-state index in [9.17, 15) is 4.79 Å². The average Bonchev–Trinajstić information content (AvgIpc) is 3.30. The van der Waals surface area contributed by atoms with Crippen LogP contribution in [0.4, 0.5) is 5.69 Å². The van der Waals surface area contributed by atoms with Crippen molar-refractivity contribution in [1.82, 2.24) is 14.8 Å². The van der Waals surface area contributed by atoms with Gasteiger partial charge in [0, 0.05) is 18.3 Å². The predicted molar refractivity (Wildman–Crippen MR) is 119 cm³/mol. The molecule has 0 saturated carbocycles. The van der Waals surface area contributed by atoms with E-state index in [0.717, 1.165) is 35.4 Å². The van der Waals surface area contributed by atoms with Crippen LogP contribution in [0.15, 0.2) is 53.7 Å². The second-order valence-corrected chi connectivity index (χ2v) is 8.42. The molecule has 1 aliphatic rings. The Balaban J connectivity index is 1.40. The molecular weight excluding hydrogens is 396 g/mol. The number of amides is 1. The molecule has 1 amide bonds. The molecule has 1 atom stereocenters. The summed E-state index contributed by atoms with van der Waals surface area (Å²) >= 11 is 1.43. The topological polar surface area (TPSA) is 60.2 Å². The number of ether oxygens (including phenoxy) is 1. The molecule has 0 fully saturated rings. The van der Waals surface area contributed by atoms with Crippen molar-refractivity contribution < 1.29 is 9.53 Å². The van der Waals surface area contributed by atoms with Crippen molar-refractivity contribution in [2.75, 3.05) is 10.7 Å². The van der Waals surface area contributed by atoms with Crippen LogP contribution in [0, 0.1) is 6.92 Å². The van der Waals surface area contributed by atoms with Crippen molar-refractivity contribution in [2.45, 2.75) is 51.5 Å². The summed E-state index contributed by atoms with van der Waals surface area (Å²) < 4.78 is 7.86. The van der Waals surface area contributed by atoms with Gasteiger partial charge in [0.1, 0.15) is 12.4 Å². The van der Waals surface area contributed by atoms with Gasteiger partial charge >= 0.3 is 0 Å². The maximum absolute atomic E-state index is 13.0. The highest BCUT2D eigenvalue weighted by Crippen LogP contribution is 2.32. The lowest BCUT2D eigenvalue weighted by Crippen LogP contribution is -2.37. The second-order valence-electron chi connectivity index (χ2n) is 7.48. The van der Waals surface area contributed by atoms with Crippen LogP contribution in [-0.2, 0) is 24.4 Å². The Morgan fingerprint density at radius 2 is 1.93 bits per heavy atom. The van der Waals surface area contributed by atoms with E-state index in [-0.39, 0.29) is 11.9 Å². The normalized spacial score (nSPS) is 15.3. The number of anilines is 1. The molecule has 1 aromatic heterocycles. The number of carbonyl (C=O) groups is 1. The molecule has 2 aromatic carbocycles. The fourth-order valence-electron chi connectivity index (χ4n) is 3.77. The molecule has 0 saturated heterocycles. The molecule has 0 bridgehead atoms. The Morgan fingerprint density at radius 3 is 2.70 bits per heavy atom. The summed E-state index contributed by atoms with van der Waals surface area (Å²) in [7, 11) is 0. The molecule has 0 radical (unpaired) electrons. The van der Waals surface area contributed by atoms with Gasteiger partial charge in [-0.05, 0) is 51.0 Å². The number of hydrogen-bond donors (Lipinski definition) is 0. The molecule has 30 heavy (non-hydrogen) atoms. The summed E-state index contributed by atoms with van der Waals surface area (Å²) in [6.45, 7) is 7.25. The van der Waals surface area contributed by atoms with Crippen molar-refractivity contribution in [2.24, 2.45) is 0 Å². The number of carbonyl (C=O) groups excluding carboxylic acids is 1. The lowest BCUT2D eigenvalue weighted by molar-refractivity contribution is -0.116.